The number of hydrogen-bond acceptors (Lipinski definition) is 4. The van der Waals surface area contributed by atoms with Crippen molar-refractivity contribution in [1.29, 1.82) is 0 Å². The predicted molar refractivity (Wildman–Crippen MR) is 75.1 cm³/mol. The van der Waals surface area contributed by atoms with E-state index in [9.17, 15) is 0 Å². The van der Waals surface area contributed by atoms with Crippen LogP contribution >= 0.6 is 0 Å². The molecule has 0 fully saturated rings. The van der Waals surface area contributed by atoms with Gasteiger partial charge in [0, 0.05) is 25.2 Å². The lowest BCUT2D eigenvalue weighted by molar-refractivity contribution is -0.0314. The van der Waals surface area contributed by atoms with E-state index < -0.39 is 0 Å². The minimum absolute atomic E-state index is 0.0443. The Bertz CT molecular complexity index is 256. The molecule has 0 aliphatic heterocycles. The first-order valence-electron chi connectivity index (χ1n) is 6.83. The van der Waals surface area contributed by atoms with Gasteiger partial charge in [-0.05, 0) is 31.2 Å². The standard InChI is InChI=1S/C13H27N3O3/c1-11(2)10-19-12(3)9-13(5-6-15-16-14)18-8-7-17-4/h11-13H,5-10H2,1-4H3. The van der Waals surface area contributed by atoms with Crippen LogP contribution in [0.1, 0.15) is 33.6 Å². The fourth-order valence-corrected chi connectivity index (χ4v) is 1.61. The molecule has 0 rings (SSSR count). The maximum absolute atomic E-state index is 8.29. The summed E-state index contributed by atoms with van der Waals surface area (Å²) >= 11 is 0. The predicted octanol–water partition coefficient (Wildman–Crippen LogP) is 3.17. The molecular formula is C13H27N3O3. The maximum Gasteiger partial charge on any atom is 0.0704 e. The lowest BCUT2D eigenvalue weighted by Crippen LogP contribution is -2.24. The third-order valence-corrected chi connectivity index (χ3v) is 2.56. The summed E-state index contributed by atoms with van der Waals surface area (Å²) in [5.74, 6) is 0.526. The van der Waals surface area contributed by atoms with E-state index in [1.54, 1.807) is 7.11 Å². The zero-order chi connectivity index (χ0) is 14.5. The van der Waals surface area contributed by atoms with E-state index >= 15 is 0 Å². The molecule has 0 aromatic heterocycles. The van der Waals surface area contributed by atoms with Crippen molar-refractivity contribution in [2.24, 2.45) is 11.0 Å². The molecule has 6 nitrogen and oxygen atoms in total. The first-order chi connectivity index (χ1) is 9.10. The molecule has 19 heavy (non-hydrogen) atoms. The van der Waals surface area contributed by atoms with E-state index in [4.69, 9.17) is 19.7 Å². The Morgan fingerprint density at radius 1 is 1.16 bits per heavy atom. The SMILES string of the molecule is COCCOC(CCN=[N+]=[N-])CC(C)OCC(C)C. The molecule has 0 saturated heterocycles. The molecule has 0 N–H and O–H groups in total. The highest BCUT2D eigenvalue weighted by molar-refractivity contribution is 4.66. The monoisotopic (exact) mass is 273 g/mol. The molecule has 0 bridgehead atoms. The fraction of sp³-hybridized carbons (Fsp3) is 1.00. The Hall–Kier alpha value is -0.810. The summed E-state index contributed by atoms with van der Waals surface area (Å²) in [4.78, 5) is 2.76. The molecule has 112 valence electrons. The average Bonchev–Trinajstić information content (AvgIpc) is 2.36. The fourth-order valence-electron chi connectivity index (χ4n) is 1.61. The van der Waals surface area contributed by atoms with Gasteiger partial charge in [-0.25, -0.2) is 0 Å². The number of azide groups is 1. The molecule has 0 radical (unpaired) electrons. The van der Waals surface area contributed by atoms with Crippen molar-refractivity contribution < 1.29 is 14.2 Å². The van der Waals surface area contributed by atoms with Crippen molar-refractivity contribution in [2.45, 2.75) is 45.8 Å². The van der Waals surface area contributed by atoms with Crippen LogP contribution in [0.15, 0.2) is 5.11 Å². The molecule has 0 saturated carbocycles. The van der Waals surface area contributed by atoms with Gasteiger partial charge >= 0.3 is 0 Å². The van der Waals surface area contributed by atoms with Gasteiger partial charge in [-0.3, -0.25) is 0 Å². The Kier molecular flexibility index (Phi) is 11.7. The Balaban J connectivity index is 4.02. The normalized spacial score (nSPS) is 14.2. The third-order valence-electron chi connectivity index (χ3n) is 2.56. The van der Waals surface area contributed by atoms with Gasteiger partial charge in [-0.15, -0.1) is 0 Å². The summed E-state index contributed by atoms with van der Waals surface area (Å²) in [6, 6.07) is 0. The second kappa shape index (κ2) is 12.2. The van der Waals surface area contributed by atoms with E-state index in [0.717, 1.165) is 13.0 Å². The topological polar surface area (TPSA) is 76.5 Å². The van der Waals surface area contributed by atoms with Crippen LogP contribution in [-0.2, 0) is 14.2 Å². The highest BCUT2D eigenvalue weighted by Crippen LogP contribution is 2.11. The Morgan fingerprint density at radius 2 is 1.89 bits per heavy atom. The molecular weight excluding hydrogens is 246 g/mol. The van der Waals surface area contributed by atoms with Crippen LogP contribution in [0.4, 0.5) is 0 Å². The second-order valence-corrected chi connectivity index (χ2v) is 5.00. The summed E-state index contributed by atoms with van der Waals surface area (Å²) in [7, 11) is 1.65. The Labute approximate surface area is 116 Å². The minimum atomic E-state index is 0.0443. The lowest BCUT2D eigenvalue weighted by Gasteiger charge is -2.22. The zero-order valence-electron chi connectivity index (χ0n) is 12.5. The van der Waals surface area contributed by atoms with Crippen molar-refractivity contribution in [2.75, 3.05) is 33.5 Å². The molecule has 0 aromatic carbocycles. The molecule has 2 unspecified atom stereocenters. The van der Waals surface area contributed by atoms with E-state index in [0.29, 0.717) is 32.1 Å². The highest BCUT2D eigenvalue weighted by Gasteiger charge is 2.14. The smallest absolute Gasteiger partial charge is 0.0704 e. The average molecular weight is 273 g/mol. The van der Waals surface area contributed by atoms with Gasteiger partial charge in [0.1, 0.15) is 0 Å². The molecule has 0 heterocycles. The van der Waals surface area contributed by atoms with Gasteiger partial charge < -0.3 is 14.2 Å². The van der Waals surface area contributed by atoms with E-state index in [1.165, 1.54) is 0 Å². The molecule has 0 amide bonds. The zero-order valence-corrected chi connectivity index (χ0v) is 12.5. The Morgan fingerprint density at radius 3 is 2.47 bits per heavy atom. The lowest BCUT2D eigenvalue weighted by atomic mass is 10.1. The van der Waals surface area contributed by atoms with Gasteiger partial charge in [-0.2, -0.15) is 0 Å². The summed E-state index contributed by atoms with van der Waals surface area (Å²) in [6.45, 7) is 8.62. The van der Waals surface area contributed by atoms with Crippen molar-refractivity contribution in [3.63, 3.8) is 0 Å². The van der Waals surface area contributed by atoms with Crippen LogP contribution in [0.3, 0.4) is 0 Å². The highest BCUT2D eigenvalue weighted by atomic mass is 16.5. The van der Waals surface area contributed by atoms with Crippen LogP contribution < -0.4 is 0 Å². The first kappa shape index (κ1) is 18.2. The van der Waals surface area contributed by atoms with Crippen LogP contribution in [0.5, 0.6) is 0 Å². The van der Waals surface area contributed by atoms with Crippen LogP contribution in [0.2, 0.25) is 0 Å². The number of methoxy groups -OCH3 is 1. The van der Waals surface area contributed by atoms with Gasteiger partial charge in [0.25, 0.3) is 0 Å². The molecule has 2 atom stereocenters. The second-order valence-electron chi connectivity index (χ2n) is 5.00. The first-order valence-corrected chi connectivity index (χ1v) is 6.83. The number of rotatable bonds is 12. The van der Waals surface area contributed by atoms with E-state index in [2.05, 4.69) is 23.9 Å². The van der Waals surface area contributed by atoms with E-state index in [1.807, 2.05) is 6.92 Å². The molecule has 0 aromatic rings. The van der Waals surface area contributed by atoms with Gasteiger partial charge in [0.2, 0.25) is 0 Å². The van der Waals surface area contributed by atoms with Crippen molar-refractivity contribution in [3.8, 4) is 0 Å². The van der Waals surface area contributed by atoms with Crippen LogP contribution in [0.25, 0.3) is 10.4 Å². The third kappa shape index (κ3) is 12.0. The summed E-state index contributed by atoms with van der Waals surface area (Å²) < 4.78 is 16.4. The molecule has 0 spiro atoms. The quantitative estimate of drug-likeness (QED) is 0.237. The molecule has 0 aliphatic carbocycles. The number of hydrogen-bond donors (Lipinski definition) is 0. The summed E-state index contributed by atoms with van der Waals surface area (Å²) in [5, 5.41) is 3.55. The van der Waals surface area contributed by atoms with Gasteiger partial charge in [0.05, 0.1) is 25.4 Å². The van der Waals surface area contributed by atoms with E-state index in [-0.39, 0.29) is 12.2 Å². The van der Waals surface area contributed by atoms with Crippen molar-refractivity contribution in [1.82, 2.24) is 0 Å². The number of ether oxygens (including phenoxy) is 3. The van der Waals surface area contributed by atoms with Crippen LogP contribution in [0, 0.1) is 5.92 Å². The maximum atomic E-state index is 8.29. The summed E-state index contributed by atoms with van der Waals surface area (Å²) in [6.07, 6.45) is 1.70. The largest absolute Gasteiger partial charge is 0.382 e. The van der Waals surface area contributed by atoms with Gasteiger partial charge in [0.15, 0.2) is 0 Å². The molecule has 6 heteroatoms. The van der Waals surface area contributed by atoms with Crippen molar-refractivity contribution in [3.05, 3.63) is 10.4 Å². The summed E-state index contributed by atoms with van der Waals surface area (Å²) in [5.41, 5.74) is 8.29. The van der Waals surface area contributed by atoms with Gasteiger partial charge in [-0.1, -0.05) is 19.0 Å². The minimum Gasteiger partial charge on any atom is -0.382 e. The molecule has 0 aliphatic rings. The van der Waals surface area contributed by atoms with Crippen LogP contribution in [-0.4, -0.2) is 45.7 Å². The number of nitrogens with zero attached hydrogens (tertiary/aromatic N) is 3. The van der Waals surface area contributed by atoms with Crippen molar-refractivity contribution >= 4 is 0 Å².